The zero-order valence-electron chi connectivity index (χ0n) is 13.9. The zero-order valence-corrected chi connectivity index (χ0v) is 13.9. The van der Waals surface area contributed by atoms with E-state index in [1.807, 2.05) is 29.6 Å². The Labute approximate surface area is 141 Å². The van der Waals surface area contributed by atoms with Gasteiger partial charge in [0.15, 0.2) is 0 Å². The van der Waals surface area contributed by atoms with Gasteiger partial charge < -0.3 is 14.4 Å². The molecule has 2 heterocycles. The second-order valence-electron chi connectivity index (χ2n) is 5.99. The lowest BCUT2D eigenvalue weighted by Crippen LogP contribution is -2.49. The lowest BCUT2D eigenvalue weighted by molar-refractivity contribution is -0.126. The standard InChI is InChI=1S/C18H21FN4O/c1-14(15-4-3-5-16(19)13-15)12-17(24)22-8-10-23(11-9-22)18-20-6-7-21(18)2/h3-7,12-13H,8-11H2,1-2H3/b14-12+. The summed E-state index contributed by atoms with van der Waals surface area (Å²) in [7, 11) is 1.96. The van der Waals surface area contributed by atoms with Crippen molar-refractivity contribution in [2.75, 3.05) is 31.1 Å². The summed E-state index contributed by atoms with van der Waals surface area (Å²) in [6.45, 7) is 4.64. The third kappa shape index (κ3) is 3.48. The first-order chi connectivity index (χ1) is 11.5. The van der Waals surface area contributed by atoms with Gasteiger partial charge in [0.1, 0.15) is 5.82 Å². The van der Waals surface area contributed by atoms with E-state index in [0.717, 1.165) is 30.2 Å². The van der Waals surface area contributed by atoms with E-state index in [4.69, 9.17) is 0 Å². The molecule has 24 heavy (non-hydrogen) atoms. The Bertz CT molecular complexity index is 760. The molecular weight excluding hydrogens is 307 g/mol. The minimum atomic E-state index is -0.295. The summed E-state index contributed by atoms with van der Waals surface area (Å²) in [6, 6.07) is 6.30. The van der Waals surface area contributed by atoms with Crippen LogP contribution in [0.2, 0.25) is 0 Å². The molecule has 0 spiro atoms. The number of allylic oxidation sites excluding steroid dienone is 1. The molecule has 2 aromatic rings. The highest BCUT2D eigenvalue weighted by atomic mass is 19.1. The van der Waals surface area contributed by atoms with Crippen LogP contribution in [0.1, 0.15) is 12.5 Å². The van der Waals surface area contributed by atoms with Crippen LogP contribution in [0.3, 0.4) is 0 Å². The van der Waals surface area contributed by atoms with Gasteiger partial charge in [-0.05, 0) is 30.2 Å². The quantitative estimate of drug-likeness (QED) is 0.812. The van der Waals surface area contributed by atoms with E-state index in [9.17, 15) is 9.18 Å². The van der Waals surface area contributed by atoms with Gasteiger partial charge in [0.25, 0.3) is 0 Å². The van der Waals surface area contributed by atoms with E-state index < -0.39 is 0 Å². The molecule has 0 saturated carbocycles. The van der Waals surface area contributed by atoms with Crippen LogP contribution < -0.4 is 4.90 Å². The maximum atomic E-state index is 13.3. The third-order valence-electron chi connectivity index (χ3n) is 4.29. The number of piperazine rings is 1. The molecule has 126 valence electrons. The van der Waals surface area contributed by atoms with Gasteiger partial charge in [-0.3, -0.25) is 4.79 Å². The van der Waals surface area contributed by atoms with E-state index in [2.05, 4.69) is 9.88 Å². The number of nitrogens with zero attached hydrogens (tertiary/aromatic N) is 4. The number of amides is 1. The highest BCUT2D eigenvalue weighted by molar-refractivity contribution is 5.95. The molecule has 1 aliphatic rings. The topological polar surface area (TPSA) is 41.4 Å². The molecular formula is C18H21FN4O. The number of rotatable bonds is 3. The van der Waals surface area contributed by atoms with Crippen molar-refractivity contribution in [2.45, 2.75) is 6.92 Å². The van der Waals surface area contributed by atoms with Crippen molar-refractivity contribution in [1.82, 2.24) is 14.5 Å². The molecule has 0 N–H and O–H groups in total. The van der Waals surface area contributed by atoms with E-state index in [1.165, 1.54) is 12.1 Å². The van der Waals surface area contributed by atoms with Gasteiger partial charge in [-0.15, -0.1) is 0 Å². The minimum Gasteiger partial charge on any atom is -0.339 e. The first-order valence-electron chi connectivity index (χ1n) is 8.00. The number of carbonyl (C=O) groups is 1. The van der Waals surface area contributed by atoms with Gasteiger partial charge in [0.2, 0.25) is 11.9 Å². The molecule has 1 aromatic heterocycles. The molecule has 0 bridgehead atoms. The lowest BCUT2D eigenvalue weighted by atomic mass is 10.1. The van der Waals surface area contributed by atoms with Crippen molar-refractivity contribution < 1.29 is 9.18 Å². The SMILES string of the molecule is C/C(=C\C(=O)N1CCN(c2nccn2C)CC1)c1cccc(F)c1. The first kappa shape index (κ1) is 16.2. The average molecular weight is 328 g/mol. The summed E-state index contributed by atoms with van der Waals surface area (Å²) in [6.07, 6.45) is 5.28. The largest absolute Gasteiger partial charge is 0.339 e. The Morgan fingerprint density at radius 3 is 2.62 bits per heavy atom. The maximum absolute atomic E-state index is 13.3. The number of imidazole rings is 1. The van der Waals surface area contributed by atoms with Crippen LogP contribution in [0.4, 0.5) is 10.3 Å². The van der Waals surface area contributed by atoms with Crippen LogP contribution in [0.15, 0.2) is 42.7 Å². The van der Waals surface area contributed by atoms with Crippen molar-refractivity contribution in [2.24, 2.45) is 7.05 Å². The smallest absolute Gasteiger partial charge is 0.246 e. The Balaban J connectivity index is 1.63. The van der Waals surface area contributed by atoms with E-state index in [0.29, 0.717) is 13.1 Å². The second kappa shape index (κ2) is 6.86. The van der Waals surface area contributed by atoms with Crippen LogP contribution in [0, 0.1) is 5.82 Å². The Kier molecular flexibility index (Phi) is 4.64. The van der Waals surface area contributed by atoms with E-state index in [-0.39, 0.29) is 11.7 Å². The van der Waals surface area contributed by atoms with Gasteiger partial charge in [0.05, 0.1) is 0 Å². The van der Waals surface area contributed by atoms with E-state index >= 15 is 0 Å². The molecule has 1 fully saturated rings. The van der Waals surface area contributed by atoms with Crippen molar-refractivity contribution in [3.63, 3.8) is 0 Å². The molecule has 3 rings (SSSR count). The number of aryl methyl sites for hydroxylation is 1. The fourth-order valence-electron chi connectivity index (χ4n) is 2.88. The lowest BCUT2D eigenvalue weighted by Gasteiger charge is -2.34. The van der Waals surface area contributed by atoms with Gasteiger partial charge >= 0.3 is 0 Å². The first-order valence-corrected chi connectivity index (χ1v) is 8.00. The summed E-state index contributed by atoms with van der Waals surface area (Å²) >= 11 is 0. The van der Waals surface area contributed by atoms with Crippen molar-refractivity contribution in [3.8, 4) is 0 Å². The van der Waals surface area contributed by atoms with Gasteiger partial charge in [-0.25, -0.2) is 9.37 Å². The van der Waals surface area contributed by atoms with Crippen LogP contribution >= 0.6 is 0 Å². The number of carbonyl (C=O) groups excluding carboxylic acids is 1. The zero-order chi connectivity index (χ0) is 17.1. The molecule has 0 atom stereocenters. The summed E-state index contributed by atoms with van der Waals surface area (Å²) in [5.41, 5.74) is 1.50. The fraction of sp³-hybridized carbons (Fsp3) is 0.333. The molecule has 0 aliphatic carbocycles. The summed E-state index contributed by atoms with van der Waals surface area (Å²) in [5.74, 6) is 0.598. The number of hydrogen-bond donors (Lipinski definition) is 0. The number of hydrogen-bond acceptors (Lipinski definition) is 3. The van der Waals surface area contributed by atoms with Crippen LogP contribution in [0.25, 0.3) is 5.57 Å². The second-order valence-corrected chi connectivity index (χ2v) is 5.99. The summed E-state index contributed by atoms with van der Waals surface area (Å²) < 4.78 is 15.3. The van der Waals surface area contributed by atoms with Crippen LogP contribution in [-0.2, 0) is 11.8 Å². The summed E-state index contributed by atoms with van der Waals surface area (Å²) in [4.78, 5) is 20.8. The Morgan fingerprint density at radius 1 is 1.25 bits per heavy atom. The number of anilines is 1. The minimum absolute atomic E-state index is 0.0312. The molecule has 5 nitrogen and oxygen atoms in total. The number of benzene rings is 1. The molecule has 0 unspecified atom stereocenters. The van der Waals surface area contributed by atoms with Gasteiger partial charge in [-0.1, -0.05) is 12.1 Å². The molecule has 6 heteroatoms. The van der Waals surface area contributed by atoms with Crippen molar-refractivity contribution in [3.05, 3.63) is 54.1 Å². The number of halogens is 1. The Hall–Kier alpha value is -2.63. The maximum Gasteiger partial charge on any atom is 0.246 e. The van der Waals surface area contributed by atoms with Crippen molar-refractivity contribution >= 4 is 17.4 Å². The number of aromatic nitrogens is 2. The fourth-order valence-corrected chi connectivity index (χ4v) is 2.88. The monoisotopic (exact) mass is 328 g/mol. The third-order valence-corrected chi connectivity index (χ3v) is 4.29. The molecule has 1 amide bonds. The highest BCUT2D eigenvalue weighted by Crippen LogP contribution is 2.17. The molecule has 0 radical (unpaired) electrons. The predicted molar refractivity (Wildman–Crippen MR) is 92.1 cm³/mol. The predicted octanol–water partition coefficient (Wildman–Crippen LogP) is 2.31. The molecule has 1 saturated heterocycles. The van der Waals surface area contributed by atoms with Gasteiger partial charge in [-0.2, -0.15) is 0 Å². The average Bonchev–Trinajstić information content (AvgIpc) is 3.01. The van der Waals surface area contributed by atoms with Crippen LogP contribution in [0.5, 0.6) is 0 Å². The van der Waals surface area contributed by atoms with Crippen molar-refractivity contribution in [1.29, 1.82) is 0 Å². The highest BCUT2D eigenvalue weighted by Gasteiger charge is 2.22. The summed E-state index contributed by atoms with van der Waals surface area (Å²) in [5, 5.41) is 0. The van der Waals surface area contributed by atoms with E-state index in [1.54, 1.807) is 24.4 Å². The van der Waals surface area contributed by atoms with Crippen LogP contribution in [-0.4, -0.2) is 46.5 Å². The molecule has 1 aromatic carbocycles. The van der Waals surface area contributed by atoms with Gasteiger partial charge in [0, 0.05) is 51.7 Å². The molecule has 1 aliphatic heterocycles. The normalized spacial score (nSPS) is 15.7. The Morgan fingerprint density at radius 2 is 2.00 bits per heavy atom.